The van der Waals surface area contributed by atoms with Crippen LogP contribution in [-0.4, -0.2) is 9.13 Å². The summed E-state index contributed by atoms with van der Waals surface area (Å²) < 4.78 is 4.93. The van der Waals surface area contributed by atoms with Crippen molar-refractivity contribution in [3.8, 4) is 22.5 Å². The van der Waals surface area contributed by atoms with Gasteiger partial charge in [-0.05, 0) is 101 Å². The van der Waals surface area contributed by atoms with Crippen LogP contribution in [0.2, 0.25) is 0 Å². The first kappa shape index (κ1) is 26.6. The van der Waals surface area contributed by atoms with Gasteiger partial charge in [-0.1, -0.05) is 105 Å². The van der Waals surface area contributed by atoms with Gasteiger partial charge in [0.05, 0.1) is 16.6 Å². The van der Waals surface area contributed by atoms with Gasteiger partial charge in [0.15, 0.2) is 0 Å². The maximum absolute atomic E-state index is 2.47. The maximum atomic E-state index is 2.47. The van der Waals surface area contributed by atoms with E-state index in [1.807, 2.05) is 0 Å². The highest BCUT2D eigenvalue weighted by Gasteiger charge is 2.35. The lowest BCUT2D eigenvalue weighted by atomic mass is 9.82. The van der Waals surface area contributed by atoms with Gasteiger partial charge in [0.1, 0.15) is 0 Å². The first-order valence-corrected chi connectivity index (χ1v) is 16.7. The van der Waals surface area contributed by atoms with Crippen LogP contribution in [0, 0.1) is 0 Å². The van der Waals surface area contributed by atoms with Crippen molar-refractivity contribution >= 4 is 44.4 Å². The summed E-state index contributed by atoms with van der Waals surface area (Å²) in [4.78, 5) is 0. The lowest BCUT2D eigenvalue weighted by Gasteiger charge is -2.22. The number of allylic oxidation sites excluding steroid dienone is 1. The van der Waals surface area contributed by atoms with E-state index in [0.717, 1.165) is 12.8 Å². The summed E-state index contributed by atoms with van der Waals surface area (Å²) in [5.74, 6) is 0. The van der Waals surface area contributed by atoms with Gasteiger partial charge in [-0.3, -0.25) is 0 Å². The van der Waals surface area contributed by atoms with Crippen LogP contribution in [0.1, 0.15) is 48.2 Å². The summed E-state index contributed by atoms with van der Waals surface area (Å²) >= 11 is 0. The second kappa shape index (κ2) is 9.70. The van der Waals surface area contributed by atoms with Crippen LogP contribution in [-0.2, 0) is 11.8 Å². The molecular formula is C45H34N2. The normalized spacial score (nSPS) is 14.7. The fourth-order valence-electron chi connectivity index (χ4n) is 8.61. The molecular weight excluding hydrogens is 569 g/mol. The molecule has 2 aromatic heterocycles. The standard InChI is InChI=1S/C45H34N2/c1-45(2)39-17-9-6-14-33(39)34-23-22-32(28-40(34)45)47-42-19-11-8-16-36(42)38-27-30(21-25-44(38)47)29-20-24-43-37(26-29)35-15-7-10-18-41(35)46(43)31-12-4-3-5-13-31/h3-19,21-23,25-28H,20,24H2,1-2H3. The summed E-state index contributed by atoms with van der Waals surface area (Å²) in [5.41, 5.74) is 17.2. The average Bonchev–Trinajstić information content (AvgIpc) is 3.71. The molecule has 0 saturated heterocycles. The lowest BCUT2D eigenvalue weighted by molar-refractivity contribution is 0.660. The monoisotopic (exact) mass is 602 g/mol. The van der Waals surface area contributed by atoms with E-state index in [1.165, 1.54) is 88.7 Å². The number of para-hydroxylation sites is 3. The quantitative estimate of drug-likeness (QED) is 0.190. The number of hydrogen-bond acceptors (Lipinski definition) is 0. The molecule has 2 aliphatic carbocycles. The van der Waals surface area contributed by atoms with Crippen molar-refractivity contribution in [1.29, 1.82) is 0 Å². The summed E-state index contributed by atoms with van der Waals surface area (Å²) in [5, 5.41) is 3.92. The fourth-order valence-corrected chi connectivity index (χ4v) is 8.61. The van der Waals surface area contributed by atoms with Gasteiger partial charge in [-0.25, -0.2) is 0 Å². The minimum Gasteiger partial charge on any atom is -0.313 e. The van der Waals surface area contributed by atoms with Crippen LogP contribution >= 0.6 is 0 Å². The van der Waals surface area contributed by atoms with Crippen molar-refractivity contribution in [3.63, 3.8) is 0 Å². The second-order valence-corrected chi connectivity index (χ2v) is 13.7. The third-order valence-corrected chi connectivity index (χ3v) is 10.8. The number of fused-ring (bicyclic) bond motifs is 9. The molecule has 0 spiro atoms. The predicted octanol–water partition coefficient (Wildman–Crippen LogP) is 11.5. The third kappa shape index (κ3) is 3.73. The van der Waals surface area contributed by atoms with Crippen molar-refractivity contribution in [1.82, 2.24) is 9.13 Å². The Kier molecular flexibility index (Phi) is 5.49. The van der Waals surface area contributed by atoms with Gasteiger partial charge in [0.2, 0.25) is 0 Å². The molecule has 0 unspecified atom stereocenters. The van der Waals surface area contributed by atoms with E-state index in [0.29, 0.717) is 0 Å². The van der Waals surface area contributed by atoms with E-state index < -0.39 is 0 Å². The van der Waals surface area contributed by atoms with Gasteiger partial charge < -0.3 is 9.13 Å². The molecule has 8 aromatic rings. The SMILES string of the molecule is CC1(C)c2ccccc2-c2ccc(-n3c4ccccc4c4cc(C5=Cc6c(n(-c7ccccc7)c7ccccc67)CC5)ccc43)cc21. The van der Waals surface area contributed by atoms with E-state index in [2.05, 4.69) is 169 Å². The zero-order chi connectivity index (χ0) is 31.3. The molecule has 0 bridgehead atoms. The Hall–Kier alpha value is -5.60. The third-order valence-electron chi connectivity index (χ3n) is 10.8. The van der Waals surface area contributed by atoms with E-state index >= 15 is 0 Å². The summed E-state index contributed by atoms with van der Waals surface area (Å²) in [6.45, 7) is 4.72. The summed E-state index contributed by atoms with van der Waals surface area (Å²) in [7, 11) is 0. The highest BCUT2D eigenvalue weighted by Crippen LogP contribution is 2.49. The minimum atomic E-state index is -0.0379. The number of nitrogens with zero attached hydrogens (tertiary/aromatic N) is 2. The first-order valence-electron chi connectivity index (χ1n) is 16.7. The predicted molar refractivity (Wildman–Crippen MR) is 198 cm³/mol. The van der Waals surface area contributed by atoms with Crippen LogP contribution < -0.4 is 0 Å². The summed E-state index contributed by atoms with van der Waals surface area (Å²) in [6, 6.07) is 51.7. The van der Waals surface area contributed by atoms with E-state index in [1.54, 1.807) is 0 Å². The Morgan fingerprint density at radius 1 is 0.489 bits per heavy atom. The van der Waals surface area contributed by atoms with Crippen LogP contribution in [0.5, 0.6) is 0 Å². The molecule has 10 rings (SSSR count). The molecule has 0 amide bonds. The Balaban J connectivity index is 1.13. The molecule has 0 N–H and O–H groups in total. The smallest absolute Gasteiger partial charge is 0.0541 e. The number of benzene rings is 6. The molecule has 2 nitrogen and oxygen atoms in total. The molecule has 0 fully saturated rings. The van der Waals surface area contributed by atoms with Gasteiger partial charge in [0.25, 0.3) is 0 Å². The molecule has 2 heterocycles. The Morgan fingerprint density at radius 3 is 2.02 bits per heavy atom. The van der Waals surface area contributed by atoms with Gasteiger partial charge in [-0.2, -0.15) is 0 Å². The molecule has 0 aliphatic heterocycles. The van der Waals surface area contributed by atoms with E-state index in [-0.39, 0.29) is 5.41 Å². The Morgan fingerprint density at radius 2 is 1.17 bits per heavy atom. The molecule has 224 valence electrons. The maximum Gasteiger partial charge on any atom is 0.0541 e. The molecule has 6 aromatic carbocycles. The second-order valence-electron chi connectivity index (χ2n) is 13.7. The van der Waals surface area contributed by atoms with Crippen molar-refractivity contribution in [2.45, 2.75) is 32.1 Å². The largest absolute Gasteiger partial charge is 0.313 e. The van der Waals surface area contributed by atoms with Crippen LogP contribution in [0.4, 0.5) is 0 Å². The van der Waals surface area contributed by atoms with Gasteiger partial charge in [-0.15, -0.1) is 0 Å². The molecule has 0 atom stereocenters. The lowest BCUT2D eigenvalue weighted by Crippen LogP contribution is -2.15. The number of rotatable bonds is 3. The number of aromatic nitrogens is 2. The number of hydrogen-bond donors (Lipinski definition) is 0. The Labute approximate surface area is 274 Å². The van der Waals surface area contributed by atoms with Gasteiger partial charge >= 0.3 is 0 Å². The average molecular weight is 603 g/mol. The molecule has 0 radical (unpaired) electrons. The minimum absolute atomic E-state index is 0.0379. The molecule has 0 saturated carbocycles. The van der Waals surface area contributed by atoms with Crippen LogP contribution in [0.15, 0.2) is 140 Å². The summed E-state index contributed by atoms with van der Waals surface area (Å²) in [6.07, 6.45) is 4.49. The Bertz CT molecular complexity index is 2590. The van der Waals surface area contributed by atoms with E-state index in [4.69, 9.17) is 0 Å². The fraction of sp³-hybridized carbons (Fsp3) is 0.111. The van der Waals surface area contributed by atoms with Gasteiger partial charge in [0, 0.05) is 44.2 Å². The zero-order valence-electron chi connectivity index (χ0n) is 26.7. The molecule has 2 aliphatic rings. The molecule has 2 heteroatoms. The van der Waals surface area contributed by atoms with Crippen molar-refractivity contribution < 1.29 is 0 Å². The molecule has 47 heavy (non-hydrogen) atoms. The van der Waals surface area contributed by atoms with Crippen molar-refractivity contribution in [2.75, 3.05) is 0 Å². The van der Waals surface area contributed by atoms with Crippen molar-refractivity contribution in [3.05, 3.63) is 167 Å². The van der Waals surface area contributed by atoms with Crippen LogP contribution in [0.3, 0.4) is 0 Å². The zero-order valence-corrected chi connectivity index (χ0v) is 26.7. The highest BCUT2D eigenvalue weighted by molar-refractivity contribution is 6.11. The first-order chi connectivity index (χ1) is 23.1. The topological polar surface area (TPSA) is 9.86 Å². The van der Waals surface area contributed by atoms with Crippen LogP contribution in [0.25, 0.3) is 66.9 Å². The van der Waals surface area contributed by atoms with E-state index in [9.17, 15) is 0 Å². The van der Waals surface area contributed by atoms with Crippen molar-refractivity contribution in [2.24, 2.45) is 0 Å². The highest BCUT2D eigenvalue weighted by atomic mass is 15.0.